The zero-order valence-electron chi connectivity index (χ0n) is 7.89. The predicted molar refractivity (Wildman–Crippen MR) is 46.7 cm³/mol. The van der Waals surface area contributed by atoms with E-state index in [0.717, 1.165) is 22.8 Å². The largest absolute Gasteiger partial charge is 0.255 e. The Hall–Kier alpha value is 0.0800. The fraction of sp³-hybridized carbons (Fsp3) is 0.500. The molecule has 0 amide bonds. The summed E-state index contributed by atoms with van der Waals surface area (Å²) in [5.41, 5.74) is 4.12. The molecular weight excluding hydrogens is 147 g/mol. The van der Waals surface area contributed by atoms with Crippen molar-refractivity contribution in [3.8, 4) is 0 Å². The summed E-state index contributed by atoms with van der Waals surface area (Å²) in [6, 6.07) is 0. The second kappa shape index (κ2) is 4.19. The van der Waals surface area contributed by atoms with Gasteiger partial charge >= 0.3 is 0 Å². The number of nitrogens with zero attached hydrogens (tertiary/aromatic N) is 2. The molecule has 1 rings (SSSR count). The van der Waals surface area contributed by atoms with Gasteiger partial charge in [0, 0.05) is 29.6 Å². The van der Waals surface area contributed by atoms with Crippen LogP contribution in [0.4, 0.5) is 0 Å². The van der Waals surface area contributed by atoms with Crippen molar-refractivity contribution in [3.05, 3.63) is 22.8 Å². The molecule has 55 valence electrons. The van der Waals surface area contributed by atoms with E-state index in [9.17, 15) is 0 Å². The van der Waals surface area contributed by atoms with E-state index >= 15 is 0 Å². The first kappa shape index (κ1) is 11.1. The molecule has 3 heteroatoms. The third-order valence-electron chi connectivity index (χ3n) is 1.72. The van der Waals surface area contributed by atoms with Crippen molar-refractivity contribution >= 4 is 29.6 Å². The molecule has 0 aliphatic carbocycles. The third kappa shape index (κ3) is 2.55. The van der Waals surface area contributed by atoms with E-state index in [4.69, 9.17) is 0 Å². The van der Waals surface area contributed by atoms with Crippen molar-refractivity contribution in [2.24, 2.45) is 0 Å². The molecule has 0 spiro atoms. The number of hydrogen-bond acceptors (Lipinski definition) is 2. The van der Waals surface area contributed by atoms with Crippen LogP contribution in [0.15, 0.2) is 0 Å². The van der Waals surface area contributed by atoms with E-state index in [2.05, 4.69) is 9.97 Å². The van der Waals surface area contributed by atoms with Crippen LogP contribution in [0, 0.1) is 27.7 Å². The average Bonchev–Trinajstić information content (AvgIpc) is 1.84. The average molecular weight is 159 g/mol. The third-order valence-corrected chi connectivity index (χ3v) is 1.72. The van der Waals surface area contributed by atoms with E-state index in [1.165, 1.54) is 0 Å². The Labute approximate surface area is 89.7 Å². The minimum Gasteiger partial charge on any atom is -0.255 e. The van der Waals surface area contributed by atoms with Crippen LogP contribution in [0.2, 0.25) is 0 Å². The van der Waals surface area contributed by atoms with Gasteiger partial charge in [0.1, 0.15) is 0 Å². The summed E-state index contributed by atoms with van der Waals surface area (Å²) in [7, 11) is 0. The second-order valence-electron chi connectivity index (χ2n) is 2.57. The fourth-order valence-electron chi connectivity index (χ4n) is 0.827. The van der Waals surface area contributed by atoms with E-state index < -0.39 is 0 Å². The molecule has 0 aliphatic rings. The molecule has 0 fully saturated rings. The monoisotopic (exact) mass is 159 g/mol. The summed E-state index contributed by atoms with van der Waals surface area (Å²) in [5, 5.41) is 0. The van der Waals surface area contributed by atoms with Crippen LogP contribution in [0.5, 0.6) is 0 Å². The molecule has 0 N–H and O–H groups in total. The smallest absolute Gasteiger partial charge is 0.0588 e. The summed E-state index contributed by atoms with van der Waals surface area (Å²) in [5.74, 6) is 0. The number of rotatable bonds is 0. The molecule has 1 radical (unpaired) electrons. The molecule has 0 unspecified atom stereocenters. The van der Waals surface area contributed by atoms with Gasteiger partial charge in [-0.15, -0.1) is 0 Å². The van der Waals surface area contributed by atoms with E-state index in [1.54, 1.807) is 0 Å². The first-order valence-corrected chi connectivity index (χ1v) is 3.39. The zero-order valence-corrected chi connectivity index (χ0v) is 9.89. The van der Waals surface area contributed by atoms with Gasteiger partial charge in [-0.3, -0.25) is 9.97 Å². The van der Waals surface area contributed by atoms with Gasteiger partial charge in [0.05, 0.1) is 22.8 Å². The zero-order chi connectivity index (χ0) is 7.72. The van der Waals surface area contributed by atoms with Gasteiger partial charge < -0.3 is 0 Å². The molecule has 0 saturated heterocycles. The second-order valence-corrected chi connectivity index (χ2v) is 2.57. The minimum absolute atomic E-state index is 0. The van der Waals surface area contributed by atoms with Crippen molar-refractivity contribution in [1.29, 1.82) is 0 Å². The van der Waals surface area contributed by atoms with Crippen molar-refractivity contribution < 1.29 is 0 Å². The number of hydrogen-bond donors (Lipinski definition) is 0. The van der Waals surface area contributed by atoms with Crippen LogP contribution in [-0.2, 0) is 0 Å². The standard InChI is InChI=1S/C8H12N2.Na/c1-5-6(2)10-8(4)7(3)9-5;/h1-4H3;. The van der Waals surface area contributed by atoms with Crippen LogP contribution in [0.25, 0.3) is 0 Å². The molecule has 2 nitrogen and oxygen atoms in total. The summed E-state index contributed by atoms with van der Waals surface area (Å²) >= 11 is 0. The SMILES string of the molecule is Cc1nc(C)c(C)nc1C.[Na]. The van der Waals surface area contributed by atoms with Gasteiger partial charge in [-0.05, 0) is 27.7 Å². The maximum atomic E-state index is 4.31. The van der Waals surface area contributed by atoms with Crippen LogP contribution in [-0.4, -0.2) is 39.5 Å². The van der Waals surface area contributed by atoms with Gasteiger partial charge in [0.15, 0.2) is 0 Å². The Bertz CT molecular complexity index is 208. The van der Waals surface area contributed by atoms with E-state index in [-0.39, 0.29) is 29.6 Å². The molecule has 0 saturated carbocycles. The number of aryl methyl sites for hydroxylation is 4. The minimum atomic E-state index is 0. The molecule has 0 aromatic carbocycles. The van der Waals surface area contributed by atoms with E-state index in [0.29, 0.717) is 0 Å². The van der Waals surface area contributed by atoms with Crippen molar-refractivity contribution in [3.63, 3.8) is 0 Å². The first-order chi connectivity index (χ1) is 4.61. The maximum Gasteiger partial charge on any atom is 0.0588 e. The van der Waals surface area contributed by atoms with Gasteiger partial charge in [0.2, 0.25) is 0 Å². The van der Waals surface area contributed by atoms with Crippen LogP contribution in [0.3, 0.4) is 0 Å². The van der Waals surface area contributed by atoms with Crippen LogP contribution < -0.4 is 0 Å². The Morgan fingerprint density at radius 3 is 1.00 bits per heavy atom. The van der Waals surface area contributed by atoms with Gasteiger partial charge in [-0.2, -0.15) is 0 Å². The Morgan fingerprint density at radius 1 is 0.636 bits per heavy atom. The normalized spacial score (nSPS) is 9.09. The predicted octanol–water partition coefficient (Wildman–Crippen LogP) is 1.33. The van der Waals surface area contributed by atoms with Crippen LogP contribution in [0.1, 0.15) is 22.8 Å². The summed E-state index contributed by atoms with van der Waals surface area (Å²) in [6.07, 6.45) is 0. The van der Waals surface area contributed by atoms with Crippen molar-refractivity contribution in [2.75, 3.05) is 0 Å². The summed E-state index contributed by atoms with van der Waals surface area (Å²) in [4.78, 5) is 8.62. The van der Waals surface area contributed by atoms with Crippen molar-refractivity contribution in [2.45, 2.75) is 27.7 Å². The van der Waals surface area contributed by atoms with Crippen molar-refractivity contribution in [1.82, 2.24) is 9.97 Å². The number of aromatic nitrogens is 2. The quantitative estimate of drug-likeness (QED) is 0.534. The maximum absolute atomic E-state index is 4.31. The van der Waals surface area contributed by atoms with Gasteiger partial charge in [-0.25, -0.2) is 0 Å². The molecule has 0 atom stereocenters. The first-order valence-electron chi connectivity index (χ1n) is 3.39. The molecule has 1 heterocycles. The van der Waals surface area contributed by atoms with E-state index in [1.807, 2.05) is 27.7 Å². The Morgan fingerprint density at radius 2 is 0.818 bits per heavy atom. The topological polar surface area (TPSA) is 25.8 Å². The molecular formula is C8H12N2Na. The Kier molecular flexibility index (Phi) is 4.22. The summed E-state index contributed by atoms with van der Waals surface area (Å²) < 4.78 is 0. The molecule has 0 bridgehead atoms. The molecule has 0 aliphatic heterocycles. The molecule has 1 aromatic rings. The fourth-order valence-corrected chi connectivity index (χ4v) is 0.827. The van der Waals surface area contributed by atoms with Gasteiger partial charge in [-0.1, -0.05) is 0 Å². The molecule has 11 heavy (non-hydrogen) atoms. The Balaban J connectivity index is 0.000001000. The summed E-state index contributed by atoms with van der Waals surface area (Å²) in [6.45, 7) is 7.92. The van der Waals surface area contributed by atoms with Crippen LogP contribution >= 0.6 is 0 Å². The molecule has 1 aromatic heterocycles. The van der Waals surface area contributed by atoms with Gasteiger partial charge in [0.25, 0.3) is 0 Å².